The van der Waals surface area contributed by atoms with Gasteiger partial charge < -0.3 is 15.4 Å². The lowest BCUT2D eigenvalue weighted by atomic mass is 10.1. The van der Waals surface area contributed by atoms with Crippen LogP contribution in [0.4, 0.5) is 0 Å². The van der Waals surface area contributed by atoms with Crippen LogP contribution in [-0.4, -0.2) is 22.0 Å². The minimum Gasteiger partial charge on any atom is -0.478 e. The van der Waals surface area contributed by atoms with Gasteiger partial charge in [-0.15, -0.1) is 0 Å². The Morgan fingerprint density at radius 3 is 2.75 bits per heavy atom. The normalized spacial score (nSPS) is 10.0. The second-order valence-electron chi connectivity index (χ2n) is 4.11. The molecule has 0 aliphatic heterocycles. The maximum absolute atomic E-state index is 11.8. The summed E-state index contributed by atoms with van der Waals surface area (Å²) in [5.74, 6) is -1.54. The fourth-order valence-corrected chi connectivity index (χ4v) is 1.69. The summed E-state index contributed by atoms with van der Waals surface area (Å²) in [6, 6.07) is 7.50. The van der Waals surface area contributed by atoms with Crippen LogP contribution in [-0.2, 0) is 6.54 Å². The first kappa shape index (κ1) is 13.5. The fourth-order valence-electron chi connectivity index (χ4n) is 1.69. The van der Waals surface area contributed by atoms with Gasteiger partial charge in [-0.1, -0.05) is 12.1 Å². The van der Waals surface area contributed by atoms with Crippen LogP contribution in [0.5, 0.6) is 0 Å². The quantitative estimate of drug-likeness (QED) is 0.773. The lowest BCUT2D eigenvalue weighted by molar-refractivity contribution is 0.0696. The number of H-pyrrole nitrogens is 1. The van der Waals surface area contributed by atoms with Gasteiger partial charge in [0.25, 0.3) is 5.91 Å². The molecule has 6 heteroatoms. The first-order valence-electron chi connectivity index (χ1n) is 5.85. The molecule has 0 bridgehead atoms. The molecule has 1 aromatic carbocycles. The predicted molar refractivity (Wildman–Crippen MR) is 71.6 cm³/mol. The average Bonchev–Trinajstić information content (AvgIpc) is 2.45. The third-order valence-electron chi connectivity index (χ3n) is 2.70. The highest BCUT2D eigenvalue weighted by molar-refractivity contribution is 5.93. The molecule has 0 aliphatic carbocycles. The first-order chi connectivity index (χ1) is 9.58. The Labute approximate surface area is 114 Å². The molecular formula is C14H12N2O4. The van der Waals surface area contributed by atoms with Gasteiger partial charge in [0, 0.05) is 25.0 Å². The highest BCUT2D eigenvalue weighted by atomic mass is 16.4. The number of aromatic carboxylic acids is 1. The van der Waals surface area contributed by atoms with Crippen molar-refractivity contribution in [2.24, 2.45) is 0 Å². The van der Waals surface area contributed by atoms with Crippen molar-refractivity contribution < 1.29 is 14.7 Å². The number of carboxylic acids is 1. The molecule has 0 atom stereocenters. The van der Waals surface area contributed by atoms with E-state index in [-0.39, 0.29) is 23.1 Å². The van der Waals surface area contributed by atoms with Gasteiger partial charge in [0.15, 0.2) is 5.43 Å². The fraction of sp³-hybridized carbons (Fsp3) is 0.0714. The van der Waals surface area contributed by atoms with Crippen LogP contribution >= 0.6 is 0 Å². The number of amides is 1. The highest BCUT2D eigenvalue weighted by Gasteiger charge is 2.09. The largest absolute Gasteiger partial charge is 0.478 e. The number of aromatic nitrogens is 1. The summed E-state index contributed by atoms with van der Waals surface area (Å²) in [6.07, 6.45) is 2.76. The third kappa shape index (κ3) is 3.11. The molecule has 0 unspecified atom stereocenters. The van der Waals surface area contributed by atoms with Crippen molar-refractivity contribution >= 4 is 11.9 Å². The topological polar surface area (TPSA) is 99.3 Å². The highest BCUT2D eigenvalue weighted by Crippen LogP contribution is 2.05. The van der Waals surface area contributed by atoms with Gasteiger partial charge in [-0.25, -0.2) is 4.79 Å². The van der Waals surface area contributed by atoms with Crippen molar-refractivity contribution in [3.63, 3.8) is 0 Å². The van der Waals surface area contributed by atoms with E-state index in [1.165, 1.54) is 30.6 Å². The Hall–Kier alpha value is -2.89. The van der Waals surface area contributed by atoms with Crippen LogP contribution in [0.15, 0.2) is 47.5 Å². The first-order valence-corrected chi connectivity index (χ1v) is 5.85. The predicted octanol–water partition coefficient (Wildman–Crippen LogP) is 1.00. The van der Waals surface area contributed by atoms with Gasteiger partial charge in [-0.3, -0.25) is 9.59 Å². The summed E-state index contributed by atoms with van der Waals surface area (Å²) in [5, 5.41) is 11.4. The van der Waals surface area contributed by atoms with Crippen molar-refractivity contribution in [3.05, 3.63) is 69.6 Å². The Balaban J connectivity index is 2.08. The Bertz CT molecular complexity index is 706. The van der Waals surface area contributed by atoms with Gasteiger partial charge in [-0.2, -0.15) is 0 Å². The lowest BCUT2D eigenvalue weighted by Crippen LogP contribution is -2.28. The zero-order chi connectivity index (χ0) is 14.5. The molecule has 0 spiro atoms. The summed E-state index contributed by atoms with van der Waals surface area (Å²) in [4.78, 5) is 36.8. The number of benzene rings is 1. The van der Waals surface area contributed by atoms with E-state index in [0.29, 0.717) is 5.56 Å². The van der Waals surface area contributed by atoms with Crippen molar-refractivity contribution in [1.82, 2.24) is 10.3 Å². The number of carbonyl (C=O) groups excluding carboxylic acids is 1. The number of hydrogen-bond donors (Lipinski definition) is 3. The van der Waals surface area contributed by atoms with Crippen LogP contribution in [0, 0.1) is 0 Å². The van der Waals surface area contributed by atoms with E-state index in [4.69, 9.17) is 5.11 Å². The SMILES string of the molecule is O=C(O)c1cccc(CNC(=O)c2c[nH]ccc2=O)c1. The molecule has 0 saturated heterocycles. The van der Waals surface area contributed by atoms with E-state index in [1.807, 2.05) is 0 Å². The minimum atomic E-state index is -1.03. The molecule has 1 heterocycles. The van der Waals surface area contributed by atoms with Crippen LogP contribution in [0.2, 0.25) is 0 Å². The number of rotatable bonds is 4. The monoisotopic (exact) mass is 272 g/mol. The third-order valence-corrected chi connectivity index (χ3v) is 2.70. The number of carbonyl (C=O) groups is 2. The van der Waals surface area contributed by atoms with Crippen LogP contribution < -0.4 is 10.7 Å². The molecule has 0 radical (unpaired) electrons. The number of aromatic amines is 1. The lowest BCUT2D eigenvalue weighted by Gasteiger charge is -2.05. The molecule has 3 N–H and O–H groups in total. The van der Waals surface area contributed by atoms with Crippen molar-refractivity contribution in [2.45, 2.75) is 6.54 Å². The van der Waals surface area contributed by atoms with E-state index < -0.39 is 11.9 Å². The van der Waals surface area contributed by atoms with E-state index in [2.05, 4.69) is 10.3 Å². The molecule has 0 saturated carbocycles. The van der Waals surface area contributed by atoms with E-state index >= 15 is 0 Å². The maximum Gasteiger partial charge on any atom is 0.335 e. The van der Waals surface area contributed by atoms with Crippen LogP contribution in [0.3, 0.4) is 0 Å². The molecule has 1 amide bonds. The molecule has 1 aromatic heterocycles. The van der Waals surface area contributed by atoms with E-state index in [9.17, 15) is 14.4 Å². The van der Waals surface area contributed by atoms with E-state index in [1.54, 1.807) is 12.1 Å². The summed E-state index contributed by atoms with van der Waals surface area (Å²) in [5.41, 5.74) is 0.433. The van der Waals surface area contributed by atoms with Crippen LogP contribution in [0.25, 0.3) is 0 Å². The zero-order valence-electron chi connectivity index (χ0n) is 10.4. The summed E-state index contributed by atoms with van der Waals surface area (Å²) in [6.45, 7) is 0.147. The standard InChI is InChI=1S/C14H12N2O4/c17-12-4-5-15-8-11(12)13(18)16-7-9-2-1-3-10(6-9)14(19)20/h1-6,8H,7H2,(H,15,17)(H,16,18)(H,19,20). The number of carboxylic acid groups (broad SMARTS) is 1. The molecular weight excluding hydrogens is 260 g/mol. The second kappa shape index (κ2) is 5.83. The summed E-state index contributed by atoms with van der Waals surface area (Å²) < 4.78 is 0. The summed E-state index contributed by atoms with van der Waals surface area (Å²) in [7, 11) is 0. The molecule has 102 valence electrons. The minimum absolute atomic E-state index is 0.0156. The van der Waals surface area contributed by atoms with Gasteiger partial charge in [0.05, 0.1) is 5.56 Å². The van der Waals surface area contributed by atoms with Gasteiger partial charge in [0.2, 0.25) is 0 Å². The molecule has 0 aliphatic rings. The number of pyridine rings is 1. The molecule has 0 fully saturated rings. The summed E-state index contributed by atoms with van der Waals surface area (Å²) >= 11 is 0. The number of hydrogen-bond acceptors (Lipinski definition) is 3. The maximum atomic E-state index is 11.8. The van der Waals surface area contributed by atoms with Crippen molar-refractivity contribution in [3.8, 4) is 0 Å². The van der Waals surface area contributed by atoms with E-state index in [0.717, 1.165) is 0 Å². The number of nitrogens with one attached hydrogen (secondary N) is 2. The molecule has 6 nitrogen and oxygen atoms in total. The Morgan fingerprint density at radius 2 is 2.05 bits per heavy atom. The van der Waals surface area contributed by atoms with Gasteiger partial charge >= 0.3 is 5.97 Å². The zero-order valence-corrected chi connectivity index (χ0v) is 10.4. The Morgan fingerprint density at radius 1 is 1.25 bits per heavy atom. The molecule has 20 heavy (non-hydrogen) atoms. The second-order valence-corrected chi connectivity index (χ2v) is 4.11. The van der Waals surface area contributed by atoms with Crippen LogP contribution in [0.1, 0.15) is 26.3 Å². The molecule has 2 rings (SSSR count). The van der Waals surface area contributed by atoms with Gasteiger partial charge in [-0.05, 0) is 17.7 Å². The van der Waals surface area contributed by atoms with Gasteiger partial charge in [0.1, 0.15) is 5.56 Å². The molecule has 2 aromatic rings. The van der Waals surface area contributed by atoms with Crippen molar-refractivity contribution in [2.75, 3.05) is 0 Å². The average molecular weight is 272 g/mol. The smallest absolute Gasteiger partial charge is 0.335 e. The van der Waals surface area contributed by atoms with Crippen molar-refractivity contribution in [1.29, 1.82) is 0 Å². The Kier molecular flexibility index (Phi) is 3.95.